The highest BCUT2D eigenvalue weighted by Crippen LogP contribution is 2.20. The molecule has 0 bridgehead atoms. The molecule has 0 amide bonds. The van der Waals surface area contributed by atoms with Gasteiger partial charge in [-0.15, -0.1) is 0 Å². The zero-order valence-corrected chi connectivity index (χ0v) is 11.5. The van der Waals surface area contributed by atoms with Crippen molar-refractivity contribution in [3.8, 4) is 0 Å². The highest BCUT2D eigenvalue weighted by atomic mass is 15.2. The van der Waals surface area contributed by atoms with Gasteiger partial charge in [-0.3, -0.25) is 0 Å². The SMILES string of the molecule is CC(C)N1CCC(NCCC2=CCCC2)CC1. The van der Waals surface area contributed by atoms with Gasteiger partial charge in [-0.2, -0.15) is 0 Å². The van der Waals surface area contributed by atoms with Gasteiger partial charge in [0.2, 0.25) is 0 Å². The highest BCUT2D eigenvalue weighted by Gasteiger charge is 2.20. The van der Waals surface area contributed by atoms with Gasteiger partial charge in [0, 0.05) is 12.1 Å². The molecule has 0 aromatic rings. The Kier molecular flexibility index (Phi) is 5.05. The third-order valence-corrected chi connectivity index (χ3v) is 4.27. The van der Waals surface area contributed by atoms with Crippen LogP contribution in [-0.2, 0) is 0 Å². The molecule has 0 aromatic carbocycles. The van der Waals surface area contributed by atoms with E-state index in [4.69, 9.17) is 0 Å². The predicted octanol–water partition coefficient (Wildman–Crippen LogP) is 2.95. The van der Waals surface area contributed by atoms with E-state index in [0.29, 0.717) is 0 Å². The number of allylic oxidation sites excluding steroid dienone is 1. The number of nitrogens with zero attached hydrogens (tertiary/aromatic N) is 1. The maximum absolute atomic E-state index is 3.74. The molecule has 0 saturated carbocycles. The number of nitrogens with one attached hydrogen (secondary N) is 1. The lowest BCUT2D eigenvalue weighted by atomic mass is 10.0. The predicted molar refractivity (Wildman–Crippen MR) is 74.3 cm³/mol. The average Bonchev–Trinajstić information content (AvgIpc) is 2.83. The minimum atomic E-state index is 0.722. The third kappa shape index (κ3) is 4.11. The second kappa shape index (κ2) is 6.55. The molecular weight excluding hydrogens is 208 g/mol. The highest BCUT2D eigenvalue weighted by molar-refractivity contribution is 5.07. The molecule has 0 spiro atoms. The second-order valence-electron chi connectivity index (χ2n) is 5.86. The Morgan fingerprint density at radius 2 is 2.12 bits per heavy atom. The van der Waals surface area contributed by atoms with Crippen LogP contribution in [0, 0.1) is 0 Å². The van der Waals surface area contributed by atoms with Gasteiger partial charge in [-0.25, -0.2) is 0 Å². The van der Waals surface area contributed by atoms with Gasteiger partial charge >= 0.3 is 0 Å². The molecular formula is C15H28N2. The van der Waals surface area contributed by atoms with Crippen LogP contribution in [0.15, 0.2) is 11.6 Å². The van der Waals surface area contributed by atoms with Crippen LogP contribution in [0.25, 0.3) is 0 Å². The van der Waals surface area contributed by atoms with Crippen molar-refractivity contribution in [1.82, 2.24) is 10.2 Å². The molecule has 1 saturated heterocycles. The standard InChI is InChI=1S/C15H28N2/c1-13(2)17-11-8-15(9-12-17)16-10-7-14-5-3-4-6-14/h5,13,15-16H,3-4,6-12H2,1-2H3. The lowest BCUT2D eigenvalue weighted by molar-refractivity contribution is 0.161. The minimum Gasteiger partial charge on any atom is -0.314 e. The van der Waals surface area contributed by atoms with Crippen LogP contribution in [0.2, 0.25) is 0 Å². The largest absolute Gasteiger partial charge is 0.314 e. The normalized spacial score (nSPS) is 23.4. The summed E-state index contributed by atoms with van der Waals surface area (Å²) in [7, 11) is 0. The molecule has 2 aliphatic rings. The van der Waals surface area contributed by atoms with Crippen molar-refractivity contribution in [1.29, 1.82) is 0 Å². The van der Waals surface area contributed by atoms with E-state index in [9.17, 15) is 0 Å². The Balaban J connectivity index is 1.58. The van der Waals surface area contributed by atoms with E-state index >= 15 is 0 Å². The van der Waals surface area contributed by atoms with Crippen molar-refractivity contribution in [3.05, 3.63) is 11.6 Å². The lowest BCUT2D eigenvalue weighted by Crippen LogP contribution is -2.45. The fraction of sp³-hybridized carbons (Fsp3) is 0.867. The molecule has 98 valence electrons. The third-order valence-electron chi connectivity index (χ3n) is 4.27. The average molecular weight is 236 g/mol. The van der Waals surface area contributed by atoms with Crippen molar-refractivity contribution in [2.45, 2.75) is 64.5 Å². The van der Waals surface area contributed by atoms with E-state index in [2.05, 4.69) is 30.1 Å². The zero-order chi connectivity index (χ0) is 12.1. The van der Waals surface area contributed by atoms with Crippen LogP contribution in [-0.4, -0.2) is 36.6 Å². The molecule has 2 rings (SSSR count). The van der Waals surface area contributed by atoms with E-state index in [0.717, 1.165) is 12.1 Å². The van der Waals surface area contributed by atoms with Crippen molar-refractivity contribution in [2.75, 3.05) is 19.6 Å². The van der Waals surface area contributed by atoms with Gasteiger partial charge in [0.1, 0.15) is 0 Å². The van der Waals surface area contributed by atoms with E-state index in [1.165, 1.54) is 58.2 Å². The van der Waals surface area contributed by atoms with Crippen LogP contribution in [0.4, 0.5) is 0 Å². The van der Waals surface area contributed by atoms with E-state index in [1.807, 2.05) is 0 Å². The second-order valence-corrected chi connectivity index (χ2v) is 5.86. The number of likely N-dealkylation sites (tertiary alicyclic amines) is 1. The molecule has 1 N–H and O–H groups in total. The first-order valence-electron chi connectivity index (χ1n) is 7.41. The summed E-state index contributed by atoms with van der Waals surface area (Å²) in [5.41, 5.74) is 1.69. The van der Waals surface area contributed by atoms with Gasteiger partial charge < -0.3 is 10.2 Å². The van der Waals surface area contributed by atoms with Gasteiger partial charge in [-0.05, 0) is 72.0 Å². The molecule has 2 nitrogen and oxygen atoms in total. The molecule has 0 atom stereocenters. The summed E-state index contributed by atoms with van der Waals surface area (Å²) in [6, 6.07) is 1.49. The van der Waals surface area contributed by atoms with Crippen LogP contribution in [0.3, 0.4) is 0 Å². The van der Waals surface area contributed by atoms with Crippen molar-refractivity contribution in [2.24, 2.45) is 0 Å². The lowest BCUT2D eigenvalue weighted by Gasteiger charge is -2.35. The Hall–Kier alpha value is -0.340. The molecule has 1 aliphatic heterocycles. The van der Waals surface area contributed by atoms with Crippen LogP contribution >= 0.6 is 0 Å². The van der Waals surface area contributed by atoms with E-state index < -0.39 is 0 Å². The molecule has 0 unspecified atom stereocenters. The monoisotopic (exact) mass is 236 g/mol. The first-order valence-corrected chi connectivity index (χ1v) is 7.41. The number of piperidine rings is 1. The Bertz CT molecular complexity index is 250. The van der Waals surface area contributed by atoms with Crippen LogP contribution in [0.5, 0.6) is 0 Å². The van der Waals surface area contributed by atoms with Crippen molar-refractivity contribution in [3.63, 3.8) is 0 Å². The van der Waals surface area contributed by atoms with E-state index in [-0.39, 0.29) is 0 Å². The first kappa shape index (κ1) is 13.1. The molecule has 1 fully saturated rings. The summed E-state index contributed by atoms with van der Waals surface area (Å²) in [6.07, 6.45) is 10.5. The number of hydrogen-bond acceptors (Lipinski definition) is 2. The summed E-state index contributed by atoms with van der Waals surface area (Å²) in [5, 5.41) is 3.74. The fourth-order valence-corrected chi connectivity index (χ4v) is 3.02. The molecule has 0 radical (unpaired) electrons. The molecule has 2 heteroatoms. The Morgan fingerprint density at radius 3 is 2.71 bits per heavy atom. The quantitative estimate of drug-likeness (QED) is 0.738. The topological polar surface area (TPSA) is 15.3 Å². The van der Waals surface area contributed by atoms with Crippen molar-refractivity contribution < 1.29 is 0 Å². The maximum atomic E-state index is 3.74. The smallest absolute Gasteiger partial charge is 0.00915 e. The molecule has 0 aromatic heterocycles. The van der Waals surface area contributed by atoms with Gasteiger partial charge in [0.05, 0.1) is 0 Å². The minimum absolute atomic E-state index is 0.722. The summed E-state index contributed by atoms with van der Waals surface area (Å²) in [5.74, 6) is 0. The summed E-state index contributed by atoms with van der Waals surface area (Å²) < 4.78 is 0. The summed E-state index contributed by atoms with van der Waals surface area (Å²) in [6.45, 7) is 8.36. The van der Waals surface area contributed by atoms with Gasteiger partial charge in [0.25, 0.3) is 0 Å². The maximum Gasteiger partial charge on any atom is 0.00915 e. The summed E-state index contributed by atoms with van der Waals surface area (Å²) >= 11 is 0. The zero-order valence-electron chi connectivity index (χ0n) is 11.5. The number of rotatable bonds is 5. The van der Waals surface area contributed by atoms with Crippen LogP contribution in [0.1, 0.15) is 52.4 Å². The van der Waals surface area contributed by atoms with Crippen molar-refractivity contribution >= 4 is 0 Å². The number of hydrogen-bond donors (Lipinski definition) is 1. The van der Waals surface area contributed by atoms with E-state index in [1.54, 1.807) is 5.57 Å². The Morgan fingerprint density at radius 1 is 1.35 bits per heavy atom. The van der Waals surface area contributed by atoms with Gasteiger partial charge in [0.15, 0.2) is 0 Å². The van der Waals surface area contributed by atoms with Crippen LogP contribution < -0.4 is 5.32 Å². The first-order chi connectivity index (χ1) is 8.25. The molecule has 1 aliphatic carbocycles. The summed E-state index contributed by atoms with van der Waals surface area (Å²) in [4.78, 5) is 2.59. The molecule has 1 heterocycles. The molecule has 17 heavy (non-hydrogen) atoms. The van der Waals surface area contributed by atoms with Gasteiger partial charge in [-0.1, -0.05) is 11.6 Å². The Labute approximate surface area is 106 Å². The fourth-order valence-electron chi connectivity index (χ4n) is 3.02.